The number of hydrogen-bond donors (Lipinski definition) is 1. The van der Waals surface area contributed by atoms with Gasteiger partial charge in [0.2, 0.25) is 0 Å². The number of carbonyl (C=O) groups excluding carboxylic acids is 1. The molecule has 1 amide bonds. The van der Waals surface area contributed by atoms with E-state index in [0.717, 1.165) is 41.3 Å². The Morgan fingerprint density at radius 2 is 1.82 bits per heavy atom. The van der Waals surface area contributed by atoms with Gasteiger partial charge in [-0.3, -0.25) is 4.79 Å². The molecule has 5 rings (SSSR count). The van der Waals surface area contributed by atoms with E-state index in [2.05, 4.69) is 15.2 Å². The van der Waals surface area contributed by atoms with Crippen molar-refractivity contribution in [2.75, 3.05) is 36.5 Å². The molecule has 4 aromatic rings. The van der Waals surface area contributed by atoms with Crippen molar-refractivity contribution in [3.63, 3.8) is 0 Å². The van der Waals surface area contributed by atoms with Crippen LogP contribution in [-0.2, 0) is 10.9 Å². The third-order valence-electron chi connectivity index (χ3n) is 5.43. The average Bonchev–Trinajstić information content (AvgIpc) is 3.32. The maximum Gasteiger partial charge on any atom is 0.416 e. The van der Waals surface area contributed by atoms with Crippen LogP contribution in [0.15, 0.2) is 60.0 Å². The highest BCUT2D eigenvalue weighted by Gasteiger charge is 2.31. The molecule has 174 valence electrons. The Labute approximate surface area is 197 Å². The van der Waals surface area contributed by atoms with Crippen molar-refractivity contribution < 1.29 is 22.7 Å². The van der Waals surface area contributed by atoms with Crippen LogP contribution in [0.25, 0.3) is 21.6 Å². The normalized spacial score (nSPS) is 14.4. The minimum absolute atomic E-state index is 0.0780. The van der Waals surface area contributed by atoms with Crippen LogP contribution < -0.4 is 10.2 Å². The summed E-state index contributed by atoms with van der Waals surface area (Å²) in [5, 5.41) is 4.64. The van der Waals surface area contributed by atoms with Crippen LogP contribution >= 0.6 is 11.3 Å². The van der Waals surface area contributed by atoms with Crippen molar-refractivity contribution >= 4 is 39.0 Å². The molecule has 1 aliphatic heterocycles. The van der Waals surface area contributed by atoms with Crippen LogP contribution in [0.4, 0.5) is 24.7 Å². The molecule has 0 unspecified atom stereocenters. The number of carbonyl (C=O) groups is 1. The summed E-state index contributed by atoms with van der Waals surface area (Å²) in [5.74, 6) is 0.714. The molecule has 1 fully saturated rings. The van der Waals surface area contributed by atoms with Gasteiger partial charge in [-0.05, 0) is 41.8 Å². The van der Waals surface area contributed by atoms with E-state index in [9.17, 15) is 18.0 Å². The molecule has 0 radical (unpaired) electrons. The molecule has 34 heavy (non-hydrogen) atoms. The fourth-order valence-corrected chi connectivity index (χ4v) is 4.59. The molecule has 0 atom stereocenters. The highest BCUT2D eigenvalue weighted by molar-refractivity contribution is 7.17. The number of nitrogens with one attached hydrogen (secondary N) is 1. The first kappa shape index (κ1) is 22.3. The van der Waals surface area contributed by atoms with Crippen molar-refractivity contribution in [1.29, 1.82) is 0 Å². The fourth-order valence-electron chi connectivity index (χ4n) is 3.74. The maximum atomic E-state index is 13.0. The van der Waals surface area contributed by atoms with Gasteiger partial charge in [0.1, 0.15) is 0 Å². The van der Waals surface area contributed by atoms with Gasteiger partial charge in [-0.2, -0.15) is 13.2 Å². The quantitative estimate of drug-likeness (QED) is 0.416. The molecule has 2 aromatic heterocycles. The first-order chi connectivity index (χ1) is 16.4. The highest BCUT2D eigenvalue weighted by atomic mass is 32.1. The van der Waals surface area contributed by atoms with Crippen LogP contribution in [-0.4, -0.2) is 42.2 Å². The molecule has 0 bridgehead atoms. The summed E-state index contributed by atoms with van der Waals surface area (Å²) < 4.78 is 45.5. The lowest BCUT2D eigenvalue weighted by atomic mass is 10.1. The van der Waals surface area contributed by atoms with Gasteiger partial charge >= 0.3 is 6.18 Å². The van der Waals surface area contributed by atoms with Crippen molar-refractivity contribution in [2.24, 2.45) is 0 Å². The number of benzene rings is 2. The molecule has 6 nitrogen and oxygen atoms in total. The summed E-state index contributed by atoms with van der Waals surface area (Å²) in [6, 6.07) is 13.2. The molecule has 0 saturated carbocycles. The van der Waals surface area contributed by atoms with Crippen molar-refractivity contribution in [3.05, 3.63) is 71.1 Å². The number of nitrogens with zero attached hydrogens (tertiary/aromatic N) is 3. The van der Waals surface area contributed by atoms with Crippen molar-refractivity contribution in [1.82, 2.24) is 9.97 Å². The zero-order valence-corrected chi connectivity index (χ0v) is 18.6. The number of thiophene rings is 1. The van der Waals surface area contributed by atoms with Crippen LogP contribution in [0, 0.1) is 0 Å². The van der Waals surface area contributed by atoms with Gasteiger partial charge in [0, 0.05) is 29.9 Å². The largest absolute Gasteiger partial charge is 0.416 e. The standard InChI is InChI=1S/C24H19F3N4O2S/c25-24(26,27)17-5-1-4-16(13-17)23(32)28-18-6-2-3-15(14-18)21-29-19-7-12-34-20(19)22(30-21)31-8-10-33-11-9-31/h1-7,12-14H,8-11H2,(H,28,32). The van der Waals surface area contributed by atoms with Crippen LogP contribution in [0.5, 0.6) is 0 Å². The minimum Gasteiger partial charge on any atom is -0.378 e. The predicted molar refractivity (Wildman–Crippen MR) is 125 cm³/mol. The van der Waals surface area contributed by atoms with E-state index in [1.54, 1.807) is 29.5 Å². The van der Waals surface area contributed by atoms with Gasteiger partial charge in [-0.25, -0.2) is 9.97 Å². The molecule has 1 saturated heterocycles. The third kappa shape index (κ3) is 4.59. The lowest BCUT2D eigenvalue weighted by Crippen LogP contribution is -2.36. The molecule has 3 heterocycles. The lowest BCUT2D eigenvalue weighted by Gasteiger charge is -2.28. The Morgan fingerprint density at radius 1 is 1.03 bits per heavy atom. The van der Waals surface area contributed by atoms with Crippen LogP contribution in [0.3, 0.4) is 0 Å². The first-order valence-electron chi connectivity index (χ1n) is 10.6. The predicted octanol–water partition coefficient (Wildman–Crippen LogP) is 5.47. The van der Waals surface area contributed by atoms with Gasteiger partial charge in [0.15, 0.2) is 11.6 Å². The number of morpholine rings is 1. The third-order valence-corrected chi connectivity index (χ3v) is 6.33. The SMILES string of the molecule is O=C(Nc1cccc(-c2nc(N3CCOCC3)c3sccc3n2)c1)c1cccc(C(F)(F)F)c1. The summed E-state index contributed by atoms with van der Waals surface area (Å²) in [6.45, 7) is 2.72. The number of amides is 1. The zero-order chi connectivity index (χ0) is 23.7. The van der Waals surface area contributed by atoms with Crippen LogP contribution in [0.1, 0.15) is 15.9 Å². The topological polar surface area (TPSA) is 67.4 Å². The lowest BCUT2D eigenvalue weighted by molar-refractivity contribution is -0.137. The Kier molecular flexibility index (Phi) is 5.93. The second-order valence-electron chi connectivity index (χ2n) is 7.72. The summed E-state index contributed by atoms with van der Waals surface area (Å²) in [6.07, 6.45) is -4.52. The summed E-state index contributed by atoms with van der Waals surface area (Å²) in [4.78, 5) is 24.3. The van der Waals surface area contributed by atoms with Gasteiger partial charge in [0.25, 0.3) is 5.91 Å². The minimum atomic E-state index is -4.52. The van der Waals surface area contributed by atoms with Crippen LogP contribution in [0.2, 0.25) is 0 Å². The molecular weight excluding hydrogens is 465 g/mol. The van der Waals surface area contributed by atoms with E-state index in [0.29, 0.717) is 30.3 Å². The first-order valence-corrected chi connectivity index (χ1v) is 11.4. The second kappa shape index (κ2) is 9.03. The molecule has 10 heteroatoms. The van der Waals surface area contributed by atoms with E-state index in [1.165, 1.54) is 12.1 Å². The zero-order valence-electron chi connectivity index (χ0n) is 17.8. The van der Waals surface area contributed by atoms with Gasteiger partial charge in [-0.1, -0.05) is 18.2 Å². The molecule has 2 aromatic carbocycles. The van der Waals surface area contributed by atoms with E-state index in [1.807, 2.05) is 17.5 Å². The molecular formula is C24H19F3N4O2S. The van der Waals surface area contributed by atoms with Crippen molar-refractivity contribution in [2.45, 2.75) is 6.18 Å². The number of hydrogen-bond acceptors (Lipinski definition) is 6. The average molecular weight is 485 g/mol. The van der Waals surface area contributed by atoms with E-state index < -0.39 is 17.6 Å². The van der Waals surface area contributed by atoms with E-state index >= 15 is 0 Å². The summed E-state index contributed by atoms with van der Waals surface area (Å²) in [5.41, 5.74) is 0.994. The number of rotatable bonds is 4. The molecule has 0 spiro atoms. The highest BCUT2D eigenvalue weighted by Crippen LogP contribution is 2.33. The van der Waals surface area contributed by atoms with E-state index in [-0.39, 0.29) is 5.56 Å². The van der Waals surface area contributed by atoms with Gasteiger partial charge in [-0.15, -0.1) is 11.3 Å². The summed E-state index contributed by atoms with van der Waals surface area (Å²) >= 11 is 1.58. The van der Waals surface area contributed by atoms with E-state index in [4.69, 9.17) is 9.72 Å². The number of anilines is 2. The van der Waals surface area contributed by atoms with Gasteiger partial charge in [0.05, 0.1) is 29.0 Å². The molecule has 0 aliphatic carbocycles. The second-order valence-corrected chi connectivity index (χ2v) is 8.63. The number of fused-ring (bicyclic) bond motifs is 1. The Morgan fingerprint density at radius 3 is 2.62 bits per heavy atom. The smallest absolute Gasteiger partial charge is 0.378 e. The summed E-state index contributed by atoms with van der Waals surface area (Å²) in [7, 11) is 0. The fraction of sp³-hybridized carbons (Fsp3) is 0.208. The van der Waals surface area contributed by atoms with Gasteiger partial charge < -0.3 is 15.0 Å². The maximum absolute atomic E-state index is 13.0. The number of ether oxygens (including phenoxy) is 1. The number of alkyl halides is 3. The Hall–Kier alpha value is -3.50. The molecule has 1 aliphatic rings. The monoisotopic (exact) mass is 484 g/mol. The molecule has 1 N–H and O–H groups in total. The number of aromatic nitrogens is 2. The Balaban J connectivity index is 1.44. The van der Waals surface area contributed by atoms with Crippen molar-refractivity contribution in [3.8, 4) is 11.4 Å². The number of halogens is 3. The Bertz CT molecular complexity index is 1350.